The number of carbonyl (C=O) groups excluding carboxylic acids is 5. The number of non-ortho nitro benzene ring substituents is 3. The van der Waals surface area contributed by atoms with Crippen LogP contribution in [0.25, 0.3) is 33.8 Å². The third kappa shape index (κ3) is 43.8. The highest BCUT2D eigenvalue weighted by Gasteiger charge is 2.29. The fourth-order valence-electron chi connectivity index (χ4n) is 11.0. The monoisotopic (exact) mass is 1960 g/mol. The maximum Gasteiger partial charge on any atom is 0.408 e. The number of ether oxygens (including phenoxy) is 4. The zero-order valence-corrected chi connectivity index (χ0v) is 75.6. The van der Waals surface area contributed by atoms with Crippen molar-refractivity contribution >= 4 is 130 Å². The van der Waals surface area contributed by atoms with Gasteiger partial charge < -0.3 is 45.9 Å². The SMILES string of the molecule is C.C.C.C.C.C.C.CC(C)(C)OC(=O)N[C@@H](Cc1ccc(NS(=O)(=O)O)cc1)c1nc(-c2ccccc2)cs1.CC(C)(C)OC(=O)N[C@@H](Cc1ccc([N+](=O)[O-])cc1)C(N)=S.CC(C)(C)OC(=O)N[C@@H](Cc1ccc([N+](=O)[O-])cc1)c1nc(-c2ccccc2)cs1.CC(C)(C)OC(=O)N[C@@H](Cc1ccc([N+](=O)[O-])cc1)c1nc(-c2ccccc2)cs1.O=C(CBr)c1ccccc1. The molecular formula is C95H125BrN12O18S5. The first-order chi connectivity index (χ1) is 58.3. The highest BCUT2D eigenvalue weighted by molar-refractivity contribution is 9.09. The molecule has 8 N–H and O–H groups in total. The van der Waals surface area contributed by atoms with E-state index in [1.54, 1.807) is 132 Å². The van der Waals surface area contributed by atoms with Crippen LogP contribution >= 0.6 is 62.2 Å². The number of alkyl carbamates (subject to hydrolysis) is 4. The van der Waals surface area contributed by atoms with E-state index in [4.69, 9.17) is 56.4 Å². The molecule has 0 saturated heterocycles. The molecule has 11 rings (SSSR count). The third-order valence-electron chi connectivity index (χ3n) is 16.4. The average Bonchev–Trinajstić information content (AvgIpc) is 1.59. The summed E-state index contributed by atoms with van der Waals surface area (Å²) in [5.74, 6) is 0.126. The van der Waals surface area contributed by atoms with Crippen LogP contribution in [0.3, 0.4) is 0 Å². The second kappa shape index (κ2) is 55.6. The van der Waals surface area contributed by atoms with Crippen molar-refractivity contribution in [3.05, 3.63) is 308 Å². The van der Waals surface area contributed by atoms with Crippen LogP contribution in [0.2, 0.25) is 0 Å². The highest BCUT2D eigenvalue weighted by Crippen LogP contribution is 2.33. The van der Waals surface area contributed by atoms with Crippen molar-refractivity contribution in [1.82, 2.24) is 36.2 Å². The first-order valence-corrected chi connectivity index (χ1v) is 43.9. The van der Waals surface area contributed by atoms with Gasteiger partial charge in [0.25, 0.3) is 17.1 Å². The van der Waals surface area contributed by atoms with Crippen LogP contribution in [0.15, 0.2) is 235 Å². The summed E-state index contributed by atoms with van der Waals surface area (Å²) in [6.07, 6.45) is -0.648. The minimum absolute atomic E-state index is 0. The number of nitro groups is 3. The minimum atomic E-state index is -4.34. The van der Waals surface area contributed by atoms with Gasteiger partial charge in [-0.15, -0.1) is 34.0 Å². The normalized spacial score (nSPS) is 11.5. The Balaban J connectivity index is 0.00000164. The first-order valence-electron chi connectivity index (χ1n) is 38.3. The van der Waals surface area contributed by atoms with Gasteiger partial charge in [0.05, 0.1) is 72.0 Å². The van der Waals surface area contributed by atoms with Gasteiger partial charge in [-0.25, -0.2) is 34.1 Å². The fraction of sp³-hybridized carbons (Fsp3) is 0.337. The van der Waals surface area contributed by atoms with E-state index in [9.17, 15) is 62.7 Å². The van der Waals surface area contributed by atoms with Crippen molar-refractivity contribution in [3.8, 4) is 33.8 Å². The lowest BCUT2D eigenvalue weighted by atomic mass is 10.1. The molecule has 4 atom stereocenters. The molecule has 0 spiro atoms. The summed E-state index contributed by atoms with van der Waals surface area (Å²) in [6.45, 7) is 21.4. The number of hydrogen-bond acceptors (Lipinski definition) is 24. The molecule has 0 aliphatic rings. The number of nitrogens with one attached hydrogen (secondary N) is 5. The van der Waals surface area contributed by atoms with E-state index >= 15 is 0 Å². The van der Waals surface area contributed by atoms with Crippen LogP contribution < -0.4 is 31.7 Å². The molecule has 3 aromatic heterocycles. The van der Waals surface area contributed by atoms with Gasteiger partial charge in [-0.2, -0.15) is 8.42 Å². The molecule has 36 heteroatoms. The predicted octanol–water partition coefficient (Wildman–Crippen LogP) is 24.9. The number of benzene rings is 8. The molecule has 0 aliphatic heterocycles. The molecule has 4 amide bonds. The largest absolute Gasteiger partial charge is 0.444 e. The lowest BCUT2D eigenvalue weighted by molar-refractivity contribution is -0.385. The van der Waals surface area contributed by atoms with E-state index < -0.39 is 96.0 Å². The molecule has 0 aliphatic carbocycles. The quantitative estimate of drug-likeness (QED) is 0.00503. The Morgan fingerprint density at radius 1 is 0.412 bits per heavy atom. The summed E-state index contributed by atoms with van der Waals surface area (Å²) in [5.41, 5.74) is 12.9. The minimum Gasteiger partial charge on any atom is -0.444 e. The van der Waals surface area contributed by atoms with Gasteiger partial charge >= 0.3 is 34.7 Å². The number of thiazole rings is 3. The van der Waals surface area contributed by atoms with E-state index in [1.807, 2.05) is 142 Å². The Morgan fingerprint density at radius 3 is 0.893 bits per heavy atom. The maximum absolute atomic E-state index is 12.5. The van der Waals surface area contributed by atoms with Crippen molar-refractivity contribution < 1.29 is 70.7 Å². The number of nitro benzene ring substituents is 3. The zero-order chi connectivity index (χ0) is 91.1. The second-order valence-corrected chi connectivity index (χ2v) is 36.1. The zero-order valence-electron chi connectivity index (χ0n) is 69.9. The Morgan fingerprint density at radius 2 is 0.656 bits per heavy atom. The van der Waals surface area contributed by atoms with Crippen LogP contribution in [0, 0.1) is 30.3 Å². The summed E-state index contributed by atoms with van der Waals surface area (Å²) in [7, 11) is -4.34. The molecular weight excluding hydrogens is 1840 g/mol. The molecule has 11 aromatic rings. The smallest absolute Gasteiger partial charge is 0.408 e. The van der Waals surface area contributed by atoms with Crippen molar-refractivity contribution in [2.45, 2.75) is 207 Å². The van der Waals surface area contributed by atoms with Gasteiger partial charge in [-0.3, -0.25) is 44.4 Å². The van der Waals surface area contributed by atoms with Crippen LogP contribution in [0.4, 0.5) is 41.9 Å². The highest BCUT2D eigenvalue weighted by atomic mass is 79.9. The topological polar surface area (TPSA) is 431 Å². The van der Waals surface area contributed by atoms with Crippen LogP contribution in [-0.2, 0) is 54.9 Å². The number of carbonyl (C=O) groups is 5. The number of ketones is 1. The van der Waals surface area contributed by atoms with Crippen molar-refractivity contribution in [2.24, 2.45) is 5.73 Å². The molecule has 0 fully saturated rings. The second-order valence-electron chi connectivity index (χ2n) is 31.3. The molecule has 0 radical (unpaired) electrons. The van der Waals surface area contributed by atoms with Gasteiger partial charge in [0.15, 0.2) is 5.78 Å². The first kappa shape index (κ1) is 119. The summed E-state index contributed by atoms with van der Waals surface area (Å²) in [6, 6.07) is 61.7. The number of thiocarbonyl (C=S) groups is 1. The van der Waals surface area contributed by atoms with E-state index in [2.05, 4.69) is 37.2 Å². The number of alkyl halides is 1. The summed E-state index contributed by atoms with van der Waals surface area (Å²) < 4.78 is 54.3. The van der Waals surface area contributed by atoms with Gasteiger partial charge in [0.2, 0.25) is 0 Å². The molecule has 0 saturated carbocycles. The molecule has 710 valence electrons. The summed E-state index contributed by atoms with van der Waals surface area (Å²) >= 11 is 12.4. The predicted molar refractivity (Wildman–Crippen MR) is 536 cm³/mol. The Kier molecular flexibility index (Phi) is 50.4. The lowest BCUT2D eigenvalue weighted by Crippen LogP contribution is -2.46. The fourth-order valence-corrected chi connectivity index (χ4v) is 14.5. The summed E-state index contributed by atoms with van der Waals surface area (Å²) in [4.78, 5) is 105. The number of amides is 4. The molecule has 0 bridgehead atoms. The van der Waals surface area contributed by atoms with Crippen LogP contribution in [-0.4, -0.2) is 112 Å². The number of anilines is 1. The molecule has 30 nitrogen and oxygen atoms in total. The van der Waals surface area contributed by atoms with Crippen molar-refractivity contribution in [1.29, 1.82) is 0 Å². The summed E-state index contributed by atoms with van der Waals surface area (Å²) in [5, 5.41) is 52.1. The van der Waals surface area contributed by atoms with Crippen molar-refractivity contribution in [2.75, 3.05) is 10.1 Å². The van der Waals surface area contributed by atoms with Gasteiger partial charge in [0, 0.05) is 74.8 Å². The van der Waals surface area contributed by atoms with Gasteiger partial charge in [0.1, 0.15) is 37.4 Å². The number of rotatable bonds is 26. The van der Waals surface area contributed by atoms with E-state index in [0.717, 1.165) is 76.6 Å². The van der Waals surface area contributed by atoms with E-state index in [1.165, 1.54) is 82.5 Å². The molecule has 0 unspecified atom stereocenters. The number of hydrogen-bond donors (Lipinski definition) is 7. The van der Waals surface area contributed by atoms with Crippen molar-refractivity contribution in [3.63, 3.8) is 0 Å². The number of nitrogens with two attached hydrogens (primary N) is 1. The van der Waals surface area contributed by atoms with Crippen LogP contribution in [0.5, 0.6) is 0 Å². The van der Waals surface area contributed by atoms with Crippen LogP contribution in [0.1, 0.15) is 201 Å². The number of aromatic nitrogens is 3. The Labute approximate surface area is 796 Å². The maximum atomic E-state index is 12.5. The molecule has 131 heavy (non-hydrogen) atoms. The number of halogens is 1. The lowest BCUT2D eigenvalue weighted by Gasteiger charge is -2.23. The van der Waals surface area contributed by atoms with E-state index in [-0.39, 0.29) is 85.5 Å². The van der Waals surface area contributed by atoms with Gasteiger partial charge in [-0.05, 0) is 143 Å². The molecule has 3 heterocycles. The number of nitrogens with zero attached hydrogens (tertiary/aromatic N) is 6. The standard InChI is InChI=1S/C22H25N3O5S2.2C22H23N3O4S.C14H19N3O4S.C8H7BrO.7CH4/c1-22(2,3)30-21(26)24-18(13-15-9-11-17(12-10-15)25-32(27,28)29)20-23-19(14-31-20)16-7-5-4-6-8-16;2*1-22(2,3)29-21(26)24-18(13-15-9-11-17(12-10-15)25(27)28)20-23-19(14-30-20)16-7-5-4-6-8-16;1-14(2,3)21-13(18)16-11(12(15)22)8-9-4-6-10(7-5-9)17(19)20;9-6-8(10)7-4-2-1-3-5-7;;;;;;;/h4-12,14,18,25H,13H2,1-3H3,(H,24,26)(H,27,28,29);2*4-12,14,18H,13H2,1-3H3,(H,24,26);4-7,11H,8H2,1-3H3,(H2,15,22)(H,16,18);1-5H,6H2;7*1H4/t3*18-;11-;;;;;;;;/m0000......../s1. The average molecular weight is 1960 g/mol. The molecule has 8 aromatic carbocycles. The Bertz CT molecular complexity index is 5300. The third-order valence-corrected chi connectivity index (χ3v) is 20.6. The van der Waals surface area contributed by atoms with Gasteiger partial charge in [-0.1, -0.05) is 250 Å². The van der Waals surface area contributed by atoms with E-state index in [0.29, 0.717) is 31.0 Å². The number of Topliss-reactive ketones (excluding diaryl/α,β-unsaturated/α-hetero) is 1. The Hall–Kier alpha value is -12.3.